The highest BCUT2D eigenvalue weighted by Crippen LogP contribution is 2.28. The number of urea groups is 1. The van der Waals surface area contributed by atoms with Gasteiger partial charge in [0, 0.05) is 31.2 Å². The number of amides is 2. The van der Waals surface area contributed by atoms with Crippen LogP contribution >= 0.6 is 0 Å². The lowest BCUT2D eigenvalue weighted by molar-refractivity contribution is 0.197. The molecule has 26 heavy (non-hydrogen) atoms. The minimum Gasteiger partial charge on any atom is -0.496 e. The summed E-state index contributed by atoms with van der Waals surface area (Å²) in [5, 5.41) is 5.38. The molecule has 1 atom stereocenters. The lowest BCUT2D eigenvalue weighted by Crippen LogP contribution is -2.40. The smallest absolute Gasteiger partial charge is 0.317 e. The van der Waals surface area contributed by atoms with Gasteiger partial charge in [0.25, 0.3) is 0 Å². The van der Waals surface area contributed by atoms with E-state index in [4.69, 9.17) is 4.74 Å². The van der Waals surface area contributed by atoms with Gasteiger partial charge in [-0.05, 0) is 50.2 Å². The Kier molecular flexibility index (Phi) is 5.99. The molecule has 5 heteroatoms. The molecule has 1 saturated heterocycles. The minimum absolute atomic E-state index is 0.0133. The van der Waals surface area contributed by atoms with Gasteiger partial charge in [-0.1, -0.05) is 30.3 Å². The summed E-state index contributed by atoms with van der Waals surface area (Å²) in [5.41, 5.74) is 1.03. The van der Waals surface area contributed by atoms with E-state index in [0.29, 0.717) is 12.6 Å². The average molecular weight is 355 g/mol. The van der Waals surface area contributed by atoms with Crippen molar-refractivity contribution in [1.29, 1.82) is 0 Å². The van der Waals surface area contributed by atoms with E-state index < -0.39 is 0 Å². The molecule has 2 amide bonds. The predicted octanol–water partition coefficient (Wildman–Crippen LogP) is 3.47. The quantitative estimate of drug-likeness (QED) is 0.913. The van der Waals surface area contributed by atoms with Crippen LogP contribution in [0.25, 0.3) is 10.8 Å². The molecule has 0 bridgehead atoms. The Morgan fingerprint density at radius 1 is 1.19 bits per heavy atom. The van der Waals surface area contributed by atoms with Gasteiger partial charge in [0.1, 0.15) is 5.75 Å². The molecule has 0 aliphatic carbocycles. The standard InChI is InChI=1S/C21H29N3O2/c1-23(2)17-8-6-13-24(14-12-17)21(25)22-15-19-18-9-5-4-7-16(18)10-11-20(19)26-3/h4-5,7,9-11,17H,6,8,12-15H2,1-3H3,(H,22,25)/t17-/m1/s1. The van der Waals surface area contributed by atoms with E-state index in [-0.39, 0.29) is 6.03 Å². The molecule has 0 unspecified atom stereocenters. The van der Waals surface area contributed by atoms with Crippen LogP contribution in [-0.4, -0.2) is 56.2 Å². The maximum absolute atomic E-state index is 12.7. The summed E-state index contributed by atoms with van der Waals surface area (Å²) < 4.78 is 5.52. The number of nitrogens with zero attached hydrogens (tertiary/aromatic N) is 2. The zero-order chi connectivity index (χ0) is 18.5. The van der Waals surface area contributed by atoms with Crippen LogP contribution in [0.3, 0.4) is 0 Å². The van der Waals surface area contributed by atoms with E-state index in [1.54, 1.807) is 7.11 Å². The molecule has 3 rings (SSSR count). The number of methoxy groups -OCH3 is 1. The molecule has 0 radical (unpaired) electrons. The number of carbonyl (C=O) groups excluding carboxylic acids is 1. The maximum Gasteiger partial charge on any atom is 0.317 e. The van der Waals surface area contributed by atoms with E-state index in [9.17, 15) is 4.79 Å². The molecule has 1 fully saturated rings. The van der Waals surface area contributed by atoms with E-state index in [2.05, 4.69) is 42.5 Å². The van der Waals surface area contributed by atoms with Crippen molar-refractivity contribution in [2.45, 2.75) is 31.8 Å². The summed E-state index contributed by atoms with van der Waals surface area (Å²) in [5.74, 6) is 0.813. The lowest BCUT2D eigenvalue weighted by Gasteiger charge is -2.24. The van der Waals surface area contributed by atoms with Crippen LogP contribution in [0.4, 0.5) is 4.79 Å². The fraction of sp³-hybridized carbons (Fsp3) is 0.476. The number of rotatable bonds is 4. The van der Waals surface area contributed by atoms with Crippen molar-refractivity contribution < 1.29 is 9.53 Å². The van der Waals surface area contributed by atoms with Crippen LogP contribution < -0.4 is 10.1 Å². The van der Waals surface area contributed by atoms with Crippen molar-refractivity contribution in [3.05, 3.63) is 42.0 Å². The van der Waals surface area contributed by atoms with Gasteiger partial charge < -0.3 is 19.9 Å². The van der Waals surface area contributed by atoms with Gasteiger partial charge in [0.05, 0.1) is 7.11 Å². The zero-order valence-electron chi connectivity index (χ0n) is 16.0. The third-order valence-corrected chi connectivity index (χ3v) is 5.35. The molecular formula is C21H29N3O2. The van der Waals surface area contributed by atoms with Crippen LogP contribution in [0, 0.1) is 0 Å². The van der Waals surface area contributed by atoms with Crippen LogP contribution in [0.2, 0.25) is 0 Å². The Hall–Kier alpha value is -2.27. The second kappa shape index (κ2) is 8.41. The highest BCUT2D eigenvalue weighted by Gasteiger charge is 2.21. The van der Waals surface area contributed by atoms with E-state index in [1.165, 1.54) is 0 Å². The summed E-state index contributed by atoms with van der Waals surface area (Å²) in [6, 6.07) is 12.8. The monoisotopic (exact) mass is 355 g/mol. The van der Waals surface area contributed by atoms with Crippen LogP contribution in [0.15, 0.2) is 36.4 Å². The normalized spacial score (nSPS) is 18.0. The Labute approximate surface area is 155 Å². The second-order valence-electron chi connectivity index (χ2n) is 7.16. The second-order valence-corrected chi connectivity index (χ2v) is 7.16. The third-order valence-electron chi connectivity index (χ3n) is 5.35. The van der Waals surface area contributed by atoms with Gasteiger partial charge in [-0.15, -0.1) is 0 Å². The first-order valence-electron chi connectivity index (χ1n) is 9.34. The largest absolute Gasteiger partial charge is 0.496 e. The van der Waals surface area contributed by atoms with Crippen molar-refractivity contribution in [2.24, 2.45) is 0 Å². The maximum atomic E-state index is 12.7. The van der Waals surface area contributed by atoms with Crippen LogP contribution in [-0.2, 0) is 6.54 Å². The summed E-state index contributed by atoms with van der Waals surface area (Å²) in [6.07, 6.45) is 3.22. The van der Waals surface area contributed by atoms with Gasteiger partial charge in [0.2, 0.25) is 0 Å². The van der Waals surface area contributed by atoms with E-state index in [1.807, 2.05) is 23.1 Å². The summed E-state index contributed by atoms with van der Waals surface area (Å²) in [7, 11) is 5.91. The number of carbonyl (C=O) groups is 1. The summed E-state index contributed by atoms with van der Waals surface area (Å²) in [6.45, 7) is 2.10. The average Bonchev–Trinajstić information content (AvgIpc) is 2.92. The van der Waals surface area contributed by atoms with Crippen LogP contribution in [0.1, 0.15) is 24.8 Å². The minimum atomic E-state index is 0.0133. The Bertz CT molecular complexity index is 760. The Morgan fingerprint density at radius 2 is 2.00 bits per heavy atom. The number of benzene rings is 2. The van der Waals surface area contributed by atoms with Crippen molar-refractivity contribution in [1.82, 2.24) is 15.1 Å². The molecule has 2 aromatic rings. The molecule has 5 nitrogen and oxygen atoms in total. The zero-order valence-corrected chi connectivity index (χ0v) is 16.0. The van der Waals surface area contributed by atoms with E-state index >= 15 is 0 Å². The van der Waals surface area contributed by atoms with Gasteiger partial charge in [-0.25, -0.2) is 4.79 Å². The molecule has 0 spiro atoms. The molecule has 0 saturated carbocycles. The van der Waals surface area contributed by atoms with Crippen molar-refractivity contribution in [3.8, 4) is 5.75 Å². The molecule has 1 heterocycles. The number of hydrogen-bond acceptors (Lipinski definition) is 3. The number of nitrogens with one attached hydrogen (secondary N) is 1. The van der Waals surface area contributed by atoms with Gasteiger partial charge in [-0.3, -0.25) is 0 Å². The number of likely N-dealkylation sites (tertiary alicyclic amines) is 1. The van der Waals surface area contributed by atoms with Gasteiger partial charge in [-0.2, -0.15) is 0 Å². The van der Waals surface area contributed by atoms with Crippen molar-refractivity contribution in [3.63, 3.8) is 0 Å². The van der Waals surface area contributed by atoms with Gasteiger partial charge in [0.15, 0.2) is 0 Å². The lowest BCUT2D eigenvalue weighted by atomic mass is 10.0. The first-order valence-corrected chi connectivity index (χ1v) is 9.34. The molecular weight excluding hydrogens is 326 g/mol. The molecule has 0 aromatic heterocycles. The Balaban J connectivity index is 1.69. The van der Waals surface area contributed by atoms with Crippen LogP contribution in [0.5, 0.6) is 5.75 Å². The Morgan fingerprint density at radius 3 is 2.77 bits per heavy atom. The summed E-state index contributed by atoms with van der Waals surface area (Å²) >= 11 is 0. The number of ether oxygens (including phenoxy) is 1. The highest BCUT2D eigenvalue weighted by molar-refractivity contribution is 5.88. The molecule has 1 aliphatic heterocycles. The van der Waals surface area contributed by atoms with Crippen molar-refractivity contribution >= 4 is 16.8 Å². The topological polar surface area (TPSA) is 44.8 Å². The molecule has 2 aromatic carbocycles. The first-order chi connectivity index (χ1) is 12.6. The molecule has 1 aliphatic rings. The molecule has 140 valence electrons. The SMILES string of the molecule is COc1ccc2ccccc2c1CNC(=O)N1CCC[C@@H](N(C)C)CC1. The fourth-order valence-corrected chi connectivity index (χ4v) is 3.76. The van der Waals surface area contributed by atoms with E-state index in [0.717, 1.165) is 54.4 Å². The first kappa shape index (κ1) is 18.5. The number of hydrogen-bond donors (Lipinski definition) is 1. The summed E-state index contributed by atoms with van der Waals surface area (Å²) in [4.78, 5) is 16.9. The van der Waals surface area contributed by atoms with Crippen molar-refractivity contribution in [2.75, 3.05) is 34.3 Å². The highest BCUT2D eigenvalue weighted by atomic mass is 16.5. The third kappa shape index (κ3) is 4.10. The predicted molar refractivity (Wildman–Crippen MR) is 106 cm³/mol. The fourth-order valence-electron chi connectivity index (χ4n) is 3.76. The number of fused-ring (bicyclic) bond motifs is 1. The van der Waals surface area contributed by atoms with Gasteiger partial charge >= 0.3 is 6.03 Å². The molecule has 1 N–H and O–H groups in total.